The molecule has 1 aliphatic heterocycles. The van der Waals surface area contributed by atoms with Gasteiger partial charge in [0.25, 0.3) is 0 Å². The number of ether oxygens (including phenoxy) is 2. The lowest BCUT2D eigenvalue weighted by Gasteiger charge is -2.19. The van der Waals surface area contributed by atoms with Crippen molar-refractivity contribution in [3.05, 3.63) is 83.7 Å². The Morgan fingerprint density at radius 1 is 1.03 bits per heavy atom. The van der Waals surface area contributed by atoms with Crippen molar-refractivity contribution in [2.75, 3.05) is 18.5 Å². The number of benzene rings is 2. The summed E-state index contributed by atoms with van der Waals surface area (Å²) in [6.45, 7) is 1.54. The molecule has 34 heavy (non-hydrogen) atoms. The molecule has 9 heteroatoms. The molecular weight excluding hydrogens is 445 g/mol. The summed E-state index contributed by atoms with van der Waals surface area (Å²) in [5, 5.41) is 8.11. The van der Waals surface area contributed by atoms with E-state index in [1.54, 1.807) is 28.9 Å². The first-order chi connectivity index (χ1) is 16.5. The molecule has 6 nitrogen and oxygen atoms in total. The fourth-order valence-corrected chi connectivity index (χ4v) is 3.99. The van der Waals surface area contributed by atoms with Crippen LogP contribution in [0.25, 0.3) is 5.65 Å². The van der Waals surface area contributed by atoms with Gasteiger partial charge in [-0.1, -0.05) is 12.1 Å². The average molecular weight is 468 g/mol. The third-order valence-electron chi connectivity index (χ3n) is 5.80. The maximum atomic E-state index is 12.9. The van der Waals surface area contributed by atoms with E-state index in [0.717, 1.165) is 61.0 Å². The van der Waals surface area contributed by atoms with Crippen LogP contribution in [0.15, 0.2) is 66.9 Å². The molecule has 3 heterocycles. The fraction of sp³-hybridized carbons (Fsp3) is 0.280. The summed E-state index contributed by atoms with van der Waals surface area (Å²) in [5.74, 6) is 1.71. The Labute approximate surface area is 194 Å². The molecule has 0 atom stereocenters. The van der Waals surface area contributed by atoms with Gasteiger partial charge in [-0.2, -0.15) is 22.8 Å². The minimum atomic E-state index is -4.37. The molecule has 0 bridgehead atoms. The highest BCUT2D eigenvalue weighted by Crippen LogP contribution is 2.30. The number of alkyl halides is 3. The van der Waals surface area contributed by atoms with E-state index in [0.29, 0.717) is 17.2 Å². The van der Waals surface area contributed by atoms with E-state index in [4.69, 9.17) is 14.6 Å². The predicted molar refractivity (Wildman–Crippen MR) is 121 cm³/mol. The van der Waals surface area contributed by atoms with Gasteiger partial charge in [0.15, 0.2) is 5.65 Å². The standard InChI is InChI=1S/C25H23F3N4O2/c26-25(27,28)19-3-1-2-17(14-19)16-34-21-6-4-20(5-7-21)30-23-8-11-29-24-15-22(31-32(23)24)18-9-12-33-13-10-18/h1-8,11,14-15,18,30H,9-10,12-13,16H2. The van der Waals surface area contributed by atoms with E-state index in [-0.39, 0.29) is 6.61 Å². The molecule has 0 spiro atoms. The predicted octanol–water partition coefficient (Wildman–Crippen LogP) is 5.96. The summed E-state index contributed by atoms with van der Waals surface area (Å²) in [6.07, 6.45) is -0.731. The Kier molecular flexibility index (Phi) is 6.10. The number of halogens is 3. The van der Waals surface area contributed by atoms with Gasteiger partial charge in [-0.25, -0.2) is 4.98 Å². The SMILES string of the molecule is FC(F)(F)c1cccc(COc2ccc(Nc3ccnc4cc(C5CCOCC5)nn34)cc2)c1. The van der Waals surface area contributed by atoms with Crippen LogP contribution >= 0.6 is 0 Å². The second kappa shape index (κ2) is 9.34. The average Bonchev–Trinajstić information content (AvgIpc) is 3.29. The normalized spacial score (nSPS) is 14.9. The molecule has 0 aliphatic carbocycles. The van der Waals surface area contributed by atoms with Crippen molar-refractivity contribution in [3.63, 3.8) is 0 Å². The Morgan fingerprint density at radius 2 is 1.82 bits per heavy atom. The number of rotatable bonds is 6. The largest absolute Gasteiger partial charge is 0.489 e. The number of hydrogen-bond donors (Lipinski definition) is 1. The minimum absolute atomic E-state index is 0.0456. The van der Waals surface area contributed by atoms with Crippen molar-refractivity contribution < 1.29 is 22.6 Å². The summed E-state index contributed by atoms with van der Waals surface area (Å²) in [4.78, 5) is 4.43. The smallest absolute Gasteiger partial charge is 0.416 e. The topological polar surface area (TPSA) is 60.7 Å². The Balaban J connectivity index is 1.26. The first kappa shape index (κ1) is 22.2. The van der Waals surface area contributed by atoms with Crippen molar-refractivity contribution in [1.29, 1.82) is 0 Å². The number of fused-ring (bicyclic) bond motifs is 1. The summed E-state index contributed by atoms with van der Waals surface area (Å²) in [6, 6.07) is 16.2. The van der Waals surface area contributed by atoms with Crippen molar-refractivity contribution in [1.82, 2.24) is 14.6 Å². The van der Waals surface area contributed by atoms with Crippen LogP contribution in [-0.4, -0.2) is 27.8 Å². The van der Waals surface area contributed by atoms with Gasteiger partial charge in [0, 0.05) is 37.1 Å². The van der Waals surface area contributed by atoms with E-state index in [1.807, 2.05) is 24.3 Å². The first-order valence-electron chi connectivity index (χ1n) is 11.0. The number of anilines is 2. The summed E-state index contributed by atoms with van der Waals surface area (Å²) >= 11 is 0. The van der Waals surface area contributed by atoms with E-state index < -0.39 is 11.7 Å². The van der Waals surface area contributed by atoms with Crippen LogP contribution in [0.4, 0.5) is 24.7 Å². The molecule has 176 valence electrons. The monoisotopic (exact) mass is 468 g/mol. The maximum absolute atomic E-state index is 12.9. The Hall–Kier alpha value is -3.59. The zero-order valence-corrected chi connectivity index (χ0v) is 18.3. The van der Waals surface area contributed by atoms with E-state index in [2.05, 4.69) is 10.3 Å². The Bertz CT molecular complexity index is 1270. The van der Waals surface area contributed by atoms with Crippen LogP contribution in [0.5, 0.6) is 5.75 Å². The molecule has 2 aromatic heterocycles. The van der Waals surface area contributed by atoms with Crippen LogP contribution in [0.3, 0.4) is 0 Å². The van der Waals surface area contributed by atoms with Gasteiger partial charge in [-0.05, 0) is 60.9 Å². The van der Waals surface area contributed by atoms with Gasteiger partial charge in [0.2, 0.25) is 0 Å². The molecule has 1 aliphatic rings. The molecule has 1 saturated heterocycles. The fourth-order valence-electron chi connectivity index (χ4n) is 3.99. The quantitative estimate of drug-likeness (QED) is 0.378. The van der Waals surface area contributed by atoms with Gasteiger partial charge < -0.3 is 14.8 Å². The Morgan fingerprint density at radius 3 is 2.59 bits per heavy atom. The van der Waals surface area contributed by atoms with Gasteiger partial charge in [-0.15, -0.1) is 0 Å². The first-order valence-corrected chi connectivity index (χ1v) is 11.0. The van der Waals surface area contributed by atoms with Crippen molar-refractivity contribution in [2.24, 2.45) is 0 Å². The van der Waals surface area contributed by atoms with Crippen molar-refractivity contribution in [2.45, 2.75) is 31.5 Å². The van der Waals surface area contributed by atoms with Gasteiger partial charge in [-0.3, -0.25) is 0 Å². The van der Waals surface area contributed by atoms with Crippen LogP contribution < -0.4 is 10.1 Å². The summed E-state index contributed by atoms with van der Waals surface area (Å²) < 4.78 is 51.6. The zero-order chi connectivity index (χ0) is 23.5. The van der Waals surface area contributed by atoms with E-state index in [9.17, 15) is 13.2 Å². The van der Waals surface area contributed by atoms with Crippen LogP contribution in [0.1, 0.15) is 35.6 Å². The summed E-state index contributed by atoms with van der Waals surface area (Å²) in [7, 11) is 0. The third-order valence-corrected chi connectivity index (χ3v) is 5.80. The second-order valence-corrected chi connectivity index (χ2v) is 8.19. The van der Waals surface area contributed by atoms with Crippen molar-refractivity contribution in [3.8, 4) is 5.75 Å². The number of hydrogen-bond acceptors (Lipinski definition) is 5. The molecule has 0 amide bonds. The van der Waals surface area contributed by atoms with Crippen LogP contribution in [0, 0.1) is 0 Å². The molecule has 0 radical (unpaired) electrons. The number of nitrogens with one attached hydrogen (secondary N) is 1. The van der Waals surface area contributed by atoms with E-state index >= 15 is 0 Å². The third kappa shape index (κ3) is 4.99. The molecular formula is C25H23F3N4O2. The summed E-state index contributed by atoms with van der Waals surface area (Å²) in [5.41, 5.74) is 2.38. The van der Waals surface area contributed by atoms with Crippen LogP contribution in [0.2, 0.25) is 0 Å². The molecule has 1 fully saturated rings. The lowest BCUT2D eigenvalue weighted by atomic mass is 9.97. The maximum Gasteiger partial charge on any atom is 0.416 e. The molecule has 5 rings (SSSR count). The molecule has 2 aromatic carbocycles. The number of aromatic nitrogens is 3. The highest BCUT2D eigenvalue weighted by atomic mass is 19.4. The van der Waals surface area contributed by atoms with Gasteiger partial charge in [0.1, 0.15) is 18.2 Å². The molecule has 0 unspecified atom stereocenters. The zero-order valence-electron chi connectivity index (χ0n) is 18.3. The number of nitrogens with zero attached hydrogens (tertiary/aromatic N) is 3. The minimum Gasteiger partial charge on any atom is -0.489 e. The highest BCUT2D eigenvalue weighted by molar-refractivity contribution is 5.60. The van der Waals surface area contributed by atoms with Gasteiger partial charge in [0.05, 0.1) is 11.3 Å². The lowest BCUT2D eigenvalue weighted by molar-refractivity contribution is -0.137. The lowest BCUT2D eigenvalue weighted by Crippen LogP contribution is -2.14. The molecule has 1 N–H and O–H groups in total. The van der Waals surface area contributed by atoms with E-state index in [1.165, 1.54) is 6.07 Å². The van der Waals surface area contributed by atoms with Gasteiger partial charge >= 0.3 is 6.18 Å². The highest BCUT2D eigenvalue weighted by Gasteiger charge is 2.30. The molecule has 4 aromatic rings. The van der Waals surface area contributed by atoms with Crippen molar-refractivity contribution >= 4 is 17.2 Å². The molecule has 0 saturated carbocycles. The van der Waals surface area contributed by atoms with Crippen LogP contribution in [-0.2, 0) is 17.5 Å². The second-order valence-electron chi connectivity index (χ2n) is 8.19.